The summed E-state index contributed by atoms with van der Waals surface area (Å²) in [6.45, 7) is 5.95. The Morgan fingerprint density at radius 1 is 0.927 bits per heavy atom. The van der Waals surface area contributed by atoms with Crippen LogP contribution in [0.2, 0.25) is 10.0 Å². The van der Waals surface area contributed by atoms with Gasteiger partial charge in [0.25, 0.3) is 10.0 Å². The Morgan fingerprint density at radius 3 is 2.22 bits per heavy atom. The van der Waals surface area contributed by atoms with Crippen molar-refractivity contribution >= 4 is 50.7 Å². The Kier molecular flexibility index (Phi) is 12.1. The van der Waals surface area contributed by atoms with Crippen LogP contribution in [0, 0.1) is 6.92 Å². The number of aryl methyl sites for hydroxylation is 1. The van der Waals surface area contributed by atoms with Gasteiger partial charge in [0.05, 0.1) is 20.6 Å². The monoisotopic (exact) mass is 617 g/mol. The second-order valence-electron chi connectivity index (χ2n) is 9.81. The lowest BCUT2D eigenvalue weighted by Gasteiger charge is -2.33. The van der Waals surface area contributed by atoms with E-state index in [1.54, 1.807) is 12.1 Å². The van der Waals surface area contributed by atoms with Crippen molar-refractivity contribution in [3.8, 4) is 0 Å². The number of amides is 2. The minimum Gasteiger partial charge on any atom is -0.354 e. The zero-order valence-electron chi connectivity index (χ0n) is 23.6. The van der Waals surface area contributed by atoms with E-state index < -0.39 is 28.5 Å². The summed E-state index contributed by atoms with van der Waals surface area (Å²) in [5.74, 6) is -0.759. The van der Waals surface area contributed by atoms with E-state index in [0.717, 1.165) is 28.3 Å². The van der Waals surface area contributed by atoms with Gasteiger partial charge in [0.1, 0.15) is 12.6 Å². The average molecular weight is 619 g/mol. The Labute approximate surface area is 253 Å². The predicted molar refractivity (Wildman–Crippen MR) is 166 cm³/mol. The second-order valence-corrected chi connectivity index (χ2v) is 12.5. The summed E-state index contributed by atoms with van der Waals surface area (Å²) in [5, 5.41) is 3.35. The van der Waals surface area contributed by atoms with Gasteiger partial charge in [-0.25, -0.2) is 8.42 Å². The van der Waals surface area contributed by atoms with Gasteiger partial charge in [0.15, 0.2) is 0 Å². The molecule has 10 heteroatoms. The summed E-state index contributed by atoms with van der Waals surface area (Å²) in [6.07, 6.45) is 2.61. The van der Waals surface area contributed by atoms with Crippen molar-refractivity contribution in [2.45, 2.75) is 57.4 Å². The van der Waals surface area contributed by atoms with Crippen LogP contribution in [0.15, 0.2) is 77.7 Å². The fraction of sp³-hybridized carbons (Fsp3) is 0.355. The number of rotatable bonds is 14. The van der Waals surface area contributed by atoms with Crippen LogP contribution < -0.4 is 9.62 Å². The number of anilines is 1. The van der Waals surface area contributed by atoms with E-state index in [4.69, 9.17) is 23.2 Å². The van der Waals surface area contributed by atoms with Crippen molar-refractivity contribution < 1.29 is 18.0 Å². The lowest BCUT2D eigenvalue weighted by Crippen LogP contribution is -2.53. The first-order chi connectivity index (χ1) is 19.6. The Morgan fingerprint density at radius 2 is 1.61 bits per heavy atom. The zero-order chi connectivity index (χ0) is 30.0. The third kappa shape index (κ3) is 8.71. The summed E-state index contributed by atoms with van der Waals surface area (Å²) in [6, 6.07) is 19.7. The molecule has 0 saturated carbocycles. The quantitative estimate of drug-likeness (QED) is 0.216. The molecule has 0 saturated heterocycles. The largest absolute Gasteiger partial charge is 0.354 e. The van der Waals surface area contributed by atoms with Crippen LogP contribution in [0.5, 0.6) is 0 Å². The highest BCUT2D eigenvalue weighted by molar-refractivity contribution is 7.92. The van der Waals surface area contributed by atoms with Gasteiger partial charge >= 0.3 is 0 Å². The zero-order valence-corrected chi connectivity index (χ0v) is 26.0. The van der Waals surface area contributed by atoms with Crippen LogP contribution in [0.1, 0.15) is 44.2 Å². The van der Waals surface area contributed by atoms with Crippen LogP contribution in [0.25, 0.3) is 0 Å². The molecule has 7 nitrogen and oxygen atoms in total. The summed E-state index contributed by atoms with van der Waals surface area (Å²) >= 11 is 12.4. The minimum absolute atomic E-state index is 0.0298. The van der Waals surface area contributed by atoms with Crippen LogP contribution >= 0.6 is 23.2 Å². The number of hydrogen-bond donors (Lipinski definition) is 1. The molecule has 220 valence electrons. The molecule has 0 aromatic heterocycles. The number of unbranched alkanes of at least 4 members (excludes halogenated alkanes) is 1. The van der Waals surface area contributed by atoms with E-state index in [-0.39, 0.29) is 33.1 Å². The molecule has 0 aliphatic rings. The summed E-state index contributed by atoms with van der Waals surface area (Å²) in [4.78, 5) is 28.8. The minimum atomic E-state index is -4.18. The van der Waals surface area contributed by atoms with E-state index in [9.17, 15) is 18.0 Å². The van der Waals surface area contributed by atoms with Crippen molar-refractivity contribution in [1.82, 2.24) is 10.2 Å². The number of sulfonamides is 1. The molecule has 0 bridgehead atoms. The first-order valence-corrected chi connectivity index (χ1v) is 15.9. The Hall–Kier alpha value is -3.07. The number of benzene rings is 3. The first kappa shape index (κ1) is 32.4. The van der Waals surface area contributed by atoms with Gasteiger partial charge in [0, 0.05) is 13.1 Å². The fourth-order valence-electron chi connectivity index (χ4n) is 4.41. The number of hydrogen-bond acceptors (Lipinski definition) is 4. The van der Waals surface area contributed by atoms with Gasteiger partial charge in [0.2, 0.25) is 11.8 Å². The van der Waals surface area contributed by atoms with E-state index in [1.165, 1.54) is 35.2 Å². The maximum atomic E-state index is 14.0. The molecular weight excluding hydrogens is 581 g/mol. The molecule has 3 aromatic rings. The molecule has 2 amide bonds. The summed E-state index contributed by atoms with van der Waals surface area (Å²) in [5.41, 5.74) is 2.09. The predicted octanol–water partition coefficient (Wildman–Crippen LogP) is 6.26. The average Bonchev–Trinajstić information content (AvgIpc) is 2.96. The second kappa shape index (κ2) is 15.2. The molecule has 3 aromatic carbocycles. The highest BCUT2D eigenvalue weighted by Crippen LogP contribution is 2.31. The first-order valence-electron chi connectivity index (χ1n) is 13.7. The van der Waals surface area contributed by atoms with Gasteiger partial charge < -0.3 is 10.2 Å². The number of nitrogens with one attached hydrogen (secondary N) is 1. The maximum absolute atomic E-state index is 14.0. The van der Waals surface area contributed by atoms with Crippen molar-refractivity contribution in [1.29, 1.82) is 0 Å². The number of carbonyl (C=O) groups excluding carboxylic acids is 2. The molecule has 1 N–H and O–H groups in total. The van der Waals surface area contributed by atoms with Gasteiger partial charge in [-0.05, 0) is 62.1 Å². The highest BCUT2D eigenvalue weighted by Gasteiger charge is 2.33. The smallest absolute Gasteiger partial charge is 0.264 e. The molecule has 41 heavy (non-hydrogen) atoms. The van der Waals surface area contributed by atoms with Crippen molar-refractivity contribution in [3.63, 3.8) is 0 Å². The molecule has 0 fully saturated rings. The normalized spacial score (nSPS) is 12.0. The van der Waals surface area contributed by atoms with E-state index in [0.29, 0.717) is 19.4 Å². The Bertz CT molecular complexity index is 1420. The van der Waals surface area contributed by atoms with Crippen LogP contribution in [-0.2, 0) is 26.0 Å². The van der Waals surface area contributed by atoms with Gasteiger partial charge in [-0.15, -0.1) is 0 Å². The summed E-state index contributed by atoms with van der Waals surface area (Å²) in [7, 11) is -4.18. The van der Waals surface area contributed by atoms with Crippen molar-refractivity contribution in [2.75, 3.05) is 23.9 Å². The molecule has 0 radical (unpaired) electrons. The van der Waals surface area contributed by atoms with E-state index in [2.05, 4.69) is 5.32 Å². The van der Waals surface area contributed by atoms with Gasteiger partial charge in [-0.2, -0.15) is 0 Å². The third-order valence-electron chi connectivity index (χ3n) is 6.78. The highest BCUT2D eigenvalue weighted by atomic mass is 35.5. The van der Waals surface area contributed by atoms with Crippen LogP contribution in [0.4, 0.5) is 5.69 Å². The van der Waals surface area contributed by atoms with Gasteiger partial charge in [-0.1, -0.05) is 91.5 Å². The fourth-order valence-corrected chi connectivity index (χ4v) is 6.11. The van der Waals surface area contributed by atoms with Crippen molar-refractivity contribution in [2.24, 2.45) is 0 Å². The van der Waals surface area contributed by atoms with E-state index >= 15 is 0 Å². The summed E-state index contributed by atoms with van der Waals surface area (Å²) < 4.78 is 28.9. The number of halogens is 2. The molecule has 0 heterocycles. The molecule has 0 aliphatic carbocycles. The topological polar surface area (TPSA) is 86.8 Å². The maximum Gasteiger partial charge on any atom is 0.264 e. The molecule has 0 spiro atoms. The molecular formula is C31H37Cl2N3O4S. The third-order valence-corrected chi connectivity index (χ3v) is 9.31. The molecule has 3 rings (SSSR count). The van der Waals surface area contributed by atoms with Crippen LogP contribution in [0.3, 0.4) is 0 Å². The van der Waals surface area contributed by atoms with E-state index in [1.807, 2.05) is 51.1 Å². The molecule has 0 aliphatic heterocycles. The number of nitrogens with zero attached hydrogens (tertiary/aromatic N) is 2. The standard InChI is InChI=1S/C31H37Cl2N3O4S/c1-4-6-19-34-31(38)29(5-2)35(20-18-24-10-8-7-9-11-24)30(37)22-36(25-14-17-27(32)28(33)21-25)41(39,40)26-15-12-23(3)13-16-26/h7-17,21,29H,4-6,18-20,22H2,1-3H3,(H,34,38)/t29-/m1/s1. The van der Waals surface area contributed by atoms with Crippen LogP contribution in [-0.4, -0.2) is 50.8 Å². The molecule has 0 unspecified atom stereocenters. The van der Waals surface area contributed by atoms with Crippen molar-refractivity contribution in [3.05, 3.63) is 94.0 Å². The lowest BCUT2D eigenvalue weighted by molar-refractivity contribution is -0.139. The molecule has 1 atom stereocenters. The lowest BCUT2D eigenvalue weighted by atomic mass is 10.1. The number of carbonyl (C=O) groups is 2. The Balaban J connectivity index is 2.01. The SMILES string of the molecule is CCCCNC(=O)[C@@H](CC)N(CCc1ccccc1)C(=O)CN(c1ccc(Cl)c(Cl)c1)S(=O)(=O)c1ccc(C)cc1. The van der Waals surface area contributed by atoms with Gasteiger partial charge in [-0.3, -0.25) is 13.9 Å².